The van der Waals surface area contributed by atoms with Gasteiger partial charge >= 0.3 is 0 Å². The van der Waals surface area contributed by atoms with E-state index in [0.29, 0.717) is 5.92 Å². The molecule has 4 nitrogen and oxygen atoms in total. The molecule has 0 atom stereocenters. The van der Waals surface area contributed by atoms with E-state index in [0.717, 1.165) is 63.3 Å². The van der Waals surface area contributed by atoms with Gasteiger partial charge in [0.1, 0.15) is 5.58 Å². The molecule has 0 bridgehead atoms. The Morgan fingerprint density at radius 3 is 2.36 bits per heavy atom. The quantitative estimate of drug-likeness (QED) is 0.119. The van der Waals surface area contributed by atoms with E-state index in [2.05, 4.69) is 91.2 Å². The average molecular weight is 816 g/mol. The van der Waals surface area contributed by atoms with Gasteiger partial charge in [-0.3, -0.25) is 0 Å². The second-order valence-corrected chi connectivity index (χ2v) is 19.2. The van der Waals surface area contributed by atoms with Gasteiger partial charge in [-0.15, -0.1) is 41.5 Å². The molecule has 1 saturated carbocycles. The van der Waals surface area contributed by atoms with Gasteiger partial charge in [0, 0.05) is 43.4 Å². The van der Waals surface area contributed by atoms with Crippen molar-refractivity contribution in [1.82, 2.24) is 15.0 Å². The number of para-hydroxylation sites is 1. The van der Waals surface area contributed by atoms with Crippen molar-refractivity contribution in [3.8, 4) is 22.5 Å². The summed E-state index contributed by atoms with van der Waals surface area (Å²) in [7, 11) is -1.34. The zero-order chi connectivity index (χ0) is 32.1. The summed E-state index contributed by atoms with van der Waals surface area (Å²) in [5, 5.41) is 2.52. The summed E-state index contributed by atoms with van der Waals surface area (Å²) in [5.41, 5.74) is 9.29. The molecule has 0 saturated heterocycles. The van der Waals surface area contributed by atoms with Gasteiger partial charge in [0.2, 0.25) is 0 Å². The van der Waals surface area contributed by atoms with Crippen molar-refractivity contribution in [2.24, 2.45) is 11.8 Å². The topological polar surface area (TPSA) is 51.8 Å². The van der Waals surface area contributed by atoms with E-state index in [9.17, 15) is 0 Å². The minimum Gasteiger partial charge on any atom is -0.475 e. The minimum atomic E-state index is -1.34. The van der Waals surface area contributed by atoms with Crippen molar-refractivity contribution in [1.29, 1.82) is 0 Å². The van der Waals surface area contributed by atoms with Crippen molar-refractivity contribution in [3.05, 3.63) is 109 Å². The molecule has 47 heavy (non-hydrogen) atoms. The second-order valence-electron chi connectivity index (χ2n) is 14.2. The largest absolute Gasteiger partial charge is 0.475 e. The molecule has 0 unspecified atom stereocenters. The summed E-state index contributed by atoms with van der Waals surface area (Å²) >= 11 is 0. The maximum atomic E-state index is 5.96. The predicted molar refractivity (Wildman–Crippen MR) is 194 cm³/mol. The number of benzene rings is 2. The molecule has 0 amide bonds. The summed E-state index contributed by atoms with van der Waals surface area (Å²) in [6.45, 7) is 11.7. The predicted octanol–water partition coefficient (Wildman–Crippen LogP) is 10.3. The van der Waals surface area contributed by atoms with Crippen LogP contribution in [0, 0.1) is 24.1 Å². The van der Waals surface area contributed by atoms with Crippen LogP contribution in [0.1, 0.15) is 57.1 Å². The molecule has 7 rings (SSSR count). The zero-order valence-corrected chi connectivity index (χ0v) is 31.7. The number of fused-ring (bicyclic) bond motifs is 3. The molecule has 1 fully saturated rings. The number of furan rings is 1. The van der Waals surface area contributed by atoms with Crippen LogP contribution in [0.2, 0.25) is 19.6 Å². The Morgan fingerprint density at radius 2 is 1.62 bits per heavy atom. The summed E-state index contributed by atoms with van der Waals surface area (Å²) in [5.74, 6) is 1.49. The van der Waals surface area contributed by atoms with E-state index in [4.69, 9.17) is 4.42 Å². The van der Waals surface area contributed by atoms with Crippen molar-refractivity contribution >= 4 is 35.3 Å². The van der Waals surface area contributed by atoms with Gasteiger partial charge < -0.3 is 19.4 Å². The van der Waals surface area contributed by atoms with E-state index in [1.807, 2.05) is 54.7 Å². The van der Waals surface area contributed by atoms with E-state index in [-0.39, 0.29) is 20.1 Å². The molecule has 245 valence electrons. The molecule has 1 aliphatic rings. The Bertz CT molecular complexity index is 1910. The van der Waals surface area contributed by atoms with Crippen molar-refractivity contribution in [2.45, 2.75) is 78.4 Å². The Balaban J connectivity index is 0.000000188. The van der Waals surface area contributed by atoms with Crippen molar-refractivity contribution in [3.63, 3.8) is 0 Å². The first-order chi connectivity index (χ1) is 22.2. The molecular formula is C41H45IrN3OSi-2. The first-order valence-corrected chi connectivity index (χ1v) is 20.4. The van der Waals surface area contributed by atoms with Gasteiger partial charge in [0.15, 0.2) is 0 Å². The number of hydrogen-bond donors (Lipinski definition) is 0. The molecule has 6 heteroatoms. The van der Waals surface area contributed by atoms with Crippen LogP contribution < -0.4 is 5.19 Å². The van der Waals surface area contributed by atoms with Crippen LogP contribution in [0.25, 0.3) is 44.6 Å². The third-order valence-corrected chi connectivity index (χ3v) is 11.0. The van der Waals surface area contributed by atoms with Crippen LogP contribution in [0.5, 0.6) is 0 Å². The molecule has 0 N–H and O–H groups in total. The van der Waals surface area contributed by atoms with Crippen LogP contribution in [0.15, 0.2) is 89.6 Å². The second kappa shape index (κ2) is 15.6. The fraction of sp³-hybridized carbons (Fsp3) is 0.341. The summed E-state index contributed by atoms with van der Waals surface area (Å²) in [6, 6.07) is 27.9. The Hall–Kier alpha value is -3.44. The molecule has 1 radical (unpaired) electrons. The maximum absolute atomic E-state index is 5.96. The third-order valence-electron chi connectivity index (χ3n) is 8.92. The van der Waals surface area contributed by atoms with Gasteiger partial charge in [-0.2, -0.15) is 0 Å². The minimum absolute atomic E-state index is 0. The van der Waals surface area contributed by atoms with Crippen LogP contribution in [0.3, 0.4) is 0 Å². The van der Waals surface area contributed by atoms with E-state index < -0.39 is 8.07 Å². The smallest absolute Gasteiger partial charge is 0.125 e. The standard InChI is InChI=1S/C23H21N2O.C18H24NSi.Ir/c1-2-6-16(7-3-1)12-17-10-11-24-20(13-17)18-14-22-23(25-15-18)19-8-4-5-9-21(19)26-22;1-14(2)11-16-12-17(15-9-7-6-8-10-15)19-13-18(16)20(3,4)5;/h4-5,8-11,13-14,16H,1-3,6-7,12H2;6-9,12-14H,11H2,1-5H3;/q2*-1;. The summed E-state index contributed by atoms with van der Waals surface area (Å²) in [4.78, 5) is 13.8. The summed E-state index contributed by atoms with van der Waals surface area (Å²) < 4.78 is 5.96. The number of pyridine rings is 3. The van der Waals surface area contributed by atoms with E-state index >= 15 is 0 Å². The molecule has 0 spiro atoms. The molecule has 4 heterocycles. The zero-order valence-electron chi connectivity index (χ0n) is 28.3. The van der Waals surface area contributed by atoms with Gasteiger partial charge in [-0.1, -0.05) is 113 Å². The van der Waals surface area contributed by atoms with Crippen LogP contribution in [-0.2, 0) is 32.9 Å². The fourth-order valence-electron chi connectivity index (χ4n) is 6.63. The SMILES string of the molecule is CC(C)Cc1cc(-c2[c-]cccc2)ncc1[Si](C)(C)C.[Ir].[c-]1nc2c(cc1-c1cc(CC3CCCCC3)ccn1)oc1ccccc12. The number of aromatic nitrogens is 3. The number of nitrogens with zero attached hydrogens (tertiary/aromatic N) is 3. The Kier molecular flexibility index (Phi) is 11.6. The molecule has 1 aliphatic carbocycles. The van der Waals surface area contributed by atoms with Crippen molar-refractivity contribution < 1.29 is 24.5 Å². The van der Waals surface area contributed by atoms with Crippen LogP contribution >= 0.6 is 0 Å². The summed E-state index contributed by atoms with van der Waals surface area (Å²) in [6.07, 6.45) is 16.3. The van der Waals surface area contributed by atoms with Gasteiger partial charge in [-0.05, 0) is 59.6 Å². The molecule has 0 aliphatic heterocycles. The Morgan fingerprint density at radius 1 is 0.851 bits per heavy atom. The normalized spacial score (nSPS) is 13.7. The Labute approximate surface area is 294 Å². The van der Waals surface area contributed by atoms with Gasteiger partial charge in [-0.25, -0.2) is 0 Å². The number of hydrogen-bond acceptors (Lipinski definition) is 4. The van der Waals surface area contributed by atoms with Crippen LogP contribution in [-0.4, -0.2) is 23.0 Å². The molecular weight excluding hydrogens is 771 g/mol. The van der Waals surface area contributed by atoms with Crippen molar-refractivity contribution in [2.75, 3.05) is 0 Å². The number of rotatable bonds is 7. The average Bonchev–Trinajstić information content (AvgIpc) is 3.43. The first-order valence-electron chi connectivity index (χ1n) is 16.9. The fourth-order valence-corrected chi connectivity index (χ4v) is 8.22. The maximum Gasteiger partial charge on any atom is 0.125 e. The molecule has 2 aromatic carbocycles. The monoisotopic (exact) mass is 816 g/mol. The van der Waals surface area contributed by atoms with Crippen LogP contribution in [0.4, 0.5) is 0 Å². The van der Waals surface area contributed by atoms with Gasteiger partial charge in [0.25, 0.3) is 0 Å². The molecule has 4 aromatic heterocycles. The molecule has 6 aromatic rings. The first kappa shape index (κ1) is 34.9. The van der Waals surface area contributed by atoms with Gasteiger partial charge in [0.05, 0.1) is 13.7 Å². The van der Waals surface area contributed by atoms with E-state index in [1.54, 1.807) is 0 Å². The third kappa shape index (κ3) is 8.73. The van der Waals surface area contributed by atoms with E-state index in [1.165, 1.54) is 48.4 Å².